The number of aliphatic hydroxyl groups excluding tert-OH is 1. The first-order chi connectivity index (χ1) is 20.1. The Bertz CT molecular complexity index is 1320. The van der Waals surface area contributed by atoms with Crippen molar-refractivity contribution in [2.45, 2.75) is 76.5 Å². The van der Waals surface area contributed by atoms with Crippen LogP contribution in [0.5, 0.6) is 5.75 Å². The summed E-state index contributed by atoms with van der Waals surface area (Å²) in [5, 5.41) is 15.5. The van der Waals surface area contributed by atoms with Crippen molar-refractivity contribution in [1.29, 1.82) is 0 Å². The average Bonchev–Trinajstić information content (AvgIpc) is 3.52. The highest BCUT2D eigenvalue weighted by Gasteiger charge is 2.77. The zero-order chi connectivity index (χ0) is 30.1. The van der Waals surface area contributed by atoms with Crippen LogP contribution < -0.4 is 15.4 Å². The van der Waals surface area contributed by atoms with Crippen molar-refractivity contribution in [2.75, 3.05) is 30.4 Å². The van der Waals surface area contributed by atoms with Crippen LogP contribution in [0.15, 0.2) is 42.5 Å². The molecule has 3 N–H and O–H groups in total. The number of hydrogen-bond donors (Lipinski definition) is 3. The number of fused-ring (bicyclic) bond motifs is 1. The lowest BCUT2D eigenvalue weighted by Gasteiger charge is -2.33. The van der Waals surface area contributed by atoms with Crippen LogP contribution in [0.3, 0.4) is 0 Å². The largest absolute Gasteiger partial charge is 0.494 e. The Morgan fingerprint density at radius 2 is 1.81 bits per heavy atom. The van der Waals surface area contributed by atoms with Gasteiger partial charge in [0.05, 0.1) is 34.8 Å². The molecule has 2 aromatic rings. The normalized spacial score (nSPS) is 27.7. The van der Waals surface area contributed by atoms with E-state index in [0.29, 0.717) is 61.0 Å². The molecule has 3 aliphatic heterocycles. The average molecular weight is 598 g/mol. The topological polar surface area (TPSA) is 117 Å². The number of benzene rings is 2. The summed E-state index contributed by atoms with van der Waals surface area (Å²) in [6.07, 6.45) is 4.03. The number of anilines is 2. The highest BCUT2D eigenvalue weighted by Crippen LogP contribution is 2.63. The van der Waals surface area contributed by atoms with Crippen molar-refractivity contribution in [1.82, 2.24) is 4.90 Å². The highest BCUT2D eigenvalue weighted by molar-refractivity contribution is 6.34. The van der Waals surface area contributed by atoms with Gasteiger partial charge in [0.15, 0.2) is 0 Å². The van der Waals surface area contributed by atoms with Crippen molar-refractivity contribution in [2.24, 2.45) is 11.8 Å². The summed E-state index contributed by atoms with van der Waals surface area (Å²) in [7, 11) is 0. The number of hydrogen-bond acceptors (Lipinski definition) is 6. The lowest BCUT2D eigenvalue weighted by Crippen LogP contribution is -2.53. The van der Waals surface area contributed by atoms with E-state index in [4.69, 9.17) is 26.2 Å². The fourth-order valence-electron chi connectivity index (χ4n) is 7.12. The lowest BCUT2D eigenvalue weighted by molar-refractivity contribution is -0.143. The number of ether oxygens (including phenoxy) is 2. The van der Waals surface area contributed by atoms with E-state index in [0.717, 1.165) is 18.4 Å². The van der Waals surface area contributed by atoms with Gasteiger partial charge in [-0.15, -0.1) is 0 Å². The van der Waals surface area contributed by atoms with E-state index in [2.05, 4.69) is 10.6 Å². The molecule has 3 amide bonds. The number of aryl methyl sites for hydroxylation is 1. The Morgan fingerprint density at radius 1 is 1.07 bits per heavy atom. The van der Waals surface area contributed by atoms with Crippen molar-refractivity contribution in [3.8, 4) is 5.75 Å². The Morgan fingerprint density at radius 3 is 2.50 bits per heavy atom. The summed E-state index contributed by atoms with van der Waals surface area (Å²) in [6.45, 7) is 6.66. The molecule has 0 radical (unpaired) electrons. The van der Waals surface area contributed by atoms with Crippen LogP contribution in [-0.2, 0) is 19.1 Å². The maximum atomic E-state index is 14.2. The van der Waals surface area contributed by atoms with Crippen LogP contribution in [-0.4, -0.2) is 64.7 Å². The molecule has 226 valence electrons. The first kappa shape index (κ1) is 30.3. The van der Waals surface area contributed by atoms with Gasteiger partial charge >= 0.3 is 0 Å². The standard InChI is InChI=1S/C32H40ClN3O6/c1-4-41-22-14-12-21(13-15-22)34-28(38)24-25-30(40)36(18-7-5-6-8-19-37)27(32(25)17-16-31(24,3)42-32)29(39)35-26-20(2)10-9-11-23(26)33/h9-15,24-25,27,37H,4-8,16-19H2,1-3H3,(H,34,38)(H,35,39)/t24-,25+,27?,31+,32?/m1/s1. The molecule has 0 saturated carbocycles. The van der Waals surface area contributed by atoms with Crippen LogP contribution >= 0.6 is 11.6 Å². The zero-order valence-electron chi connectivity index (χ0n) is 24.5. The van der Waals surface area contributed by atoms with E-state index in [1.54, 1.807) is 35.2 Å². The van der Waals surface area contributed by atoms with Gasteiger partial charge in [0.2, 0.25) is 17.7 Å². The molecule has 1 spiro atoms. The van der Waals surface area contributed by atoms with Gasteiger partial charge in [0, 0.05) is 18.8 Å². The van der Waals surface area contributed by atoms with E-state index >= 15 is 0 Å². The summed E-state index contributed by atoms with van der Waals surface area (Å²) < 4.78 is 12.2. The third kappa shape index (κ3) is 5.38. The molecule has 5 atom stereocenters. The van der Waals surface area contributed by atoms with Crippen molar-refractivity contribution in [3.63, 3.8) is 0 Å². The van der Waals surface area contributed by atoms with Crippen LogP contribution in [0.25, 0.3) is 0 Å². The van der Waals surface area contributed by atoms with Gasteiger partial charge in [0.25, 0.3) is 0 Å². The minimum atomic E-state index is -1.13. The fourth-order valence-corrected chi connectivity index (χ4v) is 7.39. The van der Waals surface area contributed by atoms with Crippen molar-refractivity contribution < 1.29 is 29.0 Å². The molecular formula is C32H40ClN3O6. The predicted molar refractivity (Wildman–Crippen MR) is 161 cm³/mol. The number of carbonyl (C=O) groups is 3. The van der Waals surface area contributed by atoms with E-state index in [1.165, 1.54) is 0 Å². The quantitative estimate of drug-likeness (QED) is 0.298. The second kappa shape index (κ2) is 12.2. The first-order valence-electron chi connectivity index (χ1n) is 14.9. The number of para-hydroxylation sites is 1. The molecule has 5 rings (SSSR count). The summed E-state index contributed by atoms with van der Waals surface area (Å²) >= 11 is 6.45. The smallest absolute Gasteiger partial charge is 0.250 e. The van der Waals surface area contributed by atoms with Gasteiger partial charge in [-0.25, -0.2) is 0 Å². The maximum absolute atomic E-state index is 14.2. The van der Waals surface area contributed by atoms with Crippen LogP contribution in [0.1, 0.15) is 57.9 Å². The van der Waals surface area contributed by atoms with Crippen LogP contribution in [0.4, 0.5) is 11.4 Å². The summed E-state index contributed by atoms with van der Waals surface area (Å²) in [5.74, 6) is -1.75. The molecule has 2 unspecified atom stereocenters. The number of rotatable bonds is 12. The Labute approximate surface area is 251 Å². The summed E-state index contributed by atoms with van der Waals surface area (Å²) in [6, 6.07) is 11.6. The second-order valence-electron chi connectivity index (χ2n) is 11.8. The van der Waals surface area contributed by atoms with Gasteiger partial charge in [-0.05, 0) is 82.3 Å². The third-order valence-electron chi connectivity index (χ3n) is 9.02. The van der Waals surface area contributed by atoms with Gasteiger partial charge in [-0.1, -0.05) is 36.6 Å². The number of amides is 3. The monoisotopic (exact) mass is 597 g/mol. The Hall–Kier alpha value is -3.14. The Kier molecular flexibility index (Phi) is 8.83. The summed E-state index contributed by atoms with van der Waals surface area (Å²) in [5.41, 5.74) is -0.110. The van der Waals surface area contributed by atoms with E-state index in [9.17, 15) is 14.4 Å². The van der Waals surface area contributed by atoms with E-state index in [1.807, 2.05) is 32.9 Å². The number of aliphatic hydroxyl groups is 1. The molecule has 3 saturated heterocycles. The zero-order valence-corrected chi connectivity index (χ0v) is 25.2. The van der Waals surface area contributed by atoms with E-state index < -0.39 is 29.1 Å². The third-order valence-corrected chi connectivity index (χ3v) is 9.33. The van der Waals surface area contributed by atoms with Crippen LogP contribution in [0.2, 0.25) is 5.02 Å². The number of carbonyl (C=O) groups excluding carboxylic acids is 3. The minimum Gasteiger partial charge on any atom is -0.494 e. The fraction of sp³-hybridized carbons (Fsp3) is 0.531. The predicted octanol–water partition coefficient (Wildman–Crippen LogP) is 4.94. The molecule has 2 bridgehead atoms. The van der Waals surface area contributed by atoms with Gasteiger partial charge < -0.3 is 30.1 Å². The van der Waals surface area contributed by atoms with Gasteiger partial charge in [-0.2, -0.15) is 0 Å². The minimum absolute atomic E-state index is 0.119. The number of unbranched alkanes of at least 4 members (excludes halogenated alkanes) is 3. The van der Waals surface area contributed by atoms with Crippen molar-refractivity contribution >= 4 is 40.7 Å². The molecule has 42 heavy (non-hydrogen) atoms. The molecule has 10 heteroatoms. The van der Waals surface area contributed by atoms with Crippen molar-refractivity contribution in [3.05, 3.63) is 53.1 Å². The number of nitrogens with one attached hydrogen (secondary N) is 2. The molecule has 2 aromatic carbocycles. The highest BCUT2D eigenvalue weighted by atomic mass is 35.5. The number of likely N-dealkylation sites (tertiary alicyclic amines) is 1. The maximum Gasteiger partial charge on any atom is 0.250 e. The molecule has 0 aliphatic carbocycles. The molecule has 3 fully saturated rings. The van der Waals surface area contributed by atoms with Crippen LogP contribution in [0, 0.1) is 18.8 Å². The molecule has 0 aromatic heterocycles. The van der Waals surface area contributed by atoms with Gasteiger partial charge in [0.1, 0.15) is 17.4 Å². The molecule has 3 heterocycles. The van der Waals surface area contributed by atoms with Gasteiger partial charge in [-0.3, -0.25) is 14.4 Å². The first-order valence-corrected chi connectivity index (χ1v) is 15.2. The lowest BCUT2D eigenvalue weighted by atomic mass is 9.66. The van der Waals surface area contributed by atoms with E-state index in [-0.39, 0.29) is 24.3 Å². The number of nitrogens with zero attached hydrogens (tertiary/aromatic N) is 1. The second-order valence-corrected chi connectivity index (χ2v) is 12.2. The molecule has 3 aliphatic rings. The molecule has 9 nitrogen and oxygen atoms in total. The Balaban J connectivity index is 1.44. The molecular weight excluding hydrogens is 558 g/mol. The summed E-state index contributed by atoms with van der Waals surface area (Å²) in [4.78, 5) is 43.8. The number of halogens is 1. The SMILES string of the molecule is CCOc1ccc(NC(=O)[C@H]2[C@H]3C(=O)N(CCCCCCO)C(C(=O)Nc4c(C)cccc4Cl)C34CC[C@]2(C)O4)cc1.